The van der Waals surface area contributed by atoms with Crippen molar-refractivity contribution in [1.29, 1.82) is 0 Å². The van der Waals surface area contributed by atoms with Crippen molar-refractivity contribution in [3.8, 4) is 0 Å². The minimum Gasteiger partial charge on any atom is -0.463 e. The summed E-state index contributed by atoms with van der Waals surface area (Å²) in [4.78, 5) is 25.3. The van der Waals surface area contributed by atoms with Crippen LogP contribution in [0.3, 0.4) is 0 Å². The monoisotopic (exact) mass is 305 g/mol. The molecule has 0 bridgehead atoms. The van der Waals surface area contributed by atoms with Crippen molar-refractivity contribution in [2.75, 3.05) is 12.4 Å². The van der Waals surface area contributed by atoms with Crippen LogP contribution in [0.4, 0.5) is 0 Å². The van der Waals surface area contributed by atoms with E-state index in [2.05, 4.69) is 12.1 Å². The van der Waals surface area contributed by atoms with Crippen LogP contribution in [0.5, 0.6) is 0 Å². The molecule has 0 unspecified atom stereocenters. The Morgan fingerprint density at radius 1 is 1.43 bits per heavy atom. The number of carbonyl (C=O) groups excluding carboxylic acids is 2. The summed E-state index contributed by atoms with van der Waals surface area (Å²) in [5, 5.41) is 0.666. The summed E-state index contributed by atoms with van der Waals surface area (Å²) in [7, 11) is 0. The van der Waals surface area contributed by atoms with Crippen LogP contribution < -0.4 is 0 Å². The van der Waals surface area contributed by atoms with E-state index in [4.69, 9.17) is 4.74 Å². The van der Waals surface area contributed by atoms with E-state index in [9.17, 15) is 9.59 Å². The van der Waals surface area contributed by atoms with Crippen molar-refractivity contribution in [3.63, 3.8) is 0 Å². The Balaban J connectivity index is 2.21. The molecule has 0 N–H and O–H groups in total. The molecular formula is C16H19NO3S. The van der Waals surface area contributed by atoms with E-state index in [0.29, 0.717) is 23.9 Å². The molecular weight excluding hydrogens is 286 g/mol. The van der Waals surface area contributed by atoms with E-state index in [1.807, 2.05) is 19.9 Å². The number of nitrogens with zero attached hydrogens (tertiary/aromatic N) is 1. The number of hydrogen-bond donors (Lipinski definition) is 0. The maximum Gasteiger partial charge on any atom is 0.333 e. The molecule has 1 aromatic carbocycles. The van der Waals surface area contributed by atoms with E-state index in [1.165, 1.54) is 17.8 Å². The first kappa shape index (κ1) is 15.6. The Hall–Kier alpha value is -1.75. The summed E-state index contributed by atoms with van der Waals surface area (Å²) in [5.74, 6) is -0.00654. The van der Waals surface area contributed by atoms with Gasteiger partial charge < -0.3 is 9.64 Å². The molecule has 1 heterocycles. The third-order valence-corrected chi connectivity index (χ3v) is 4.30. The summed E-state index contributed by atoms with van der Waals surface area (Å²) in [6.45, 7) is 6.64. The zero-order chi connectivity index (χ0) is 15.4. The third-order valence-electron chi connectivity index (χ3n) is 3.27. The second kappa shape index (κ2) is 6.80. The number of hydrogen-bond acceptors (Lipinski definition) is 4. The van der Waals surface area contributed by atoms with Crippen molar-refractivity contribution >= 4 is 23.6 Å². The molecule has 4 nitrogen and oxygen atoms in total. The number of amides is 1. The first-order valence-electron chi connectivity index (χ1n) is 6.89. The fourth-order valence-electron chi connectivity index (χ4n) is 2.13. The second-order valence-electron chi connectivity index (χ2n) is 4.93. The molecule has 5 heteroatoms. The van der Waals surface area contributed by atoms with Gasteiger partial charge in [-0.25, -0.2) is 4.79 Å². The molecule has 0 aliphatic carbocycles. The first-order valence-corrected chi connectivity index (χ1v) is 7.87. The molecule has 0 aromatic heterocycles. The average Bonchev–Trinajstić information content (AvgIpc) is 2.76. The van der Waals surface area contributed by atoms with E-state index < -0.39 is 5.97 Å². The lowest BCUT2D eigenvalue weighted by molar-refractivity contribution is -0.137. The summed E-state index contributed by atoms with van der Waals surface area (Å²) in [6, 6.07) is 6.18. The van der Waals surface area contributed by atoms with Crippen molar-refractivity contribution in [2.24, 2.45) is 0 Å². The summed E-state index contributed by atoms with van der Waals surface area (Å²) in [5.41, 5.74) is 3.40. The number of ether oxygens (including phenoxy) is 1. The zero-order valence-corrected chi connectivity index (χ0v) is 13.3. The number of aryl methyl sites for hydroxylation is 2. The Morgan fingerprint density at radius 3 is 2.90 bits per heavy atom. The van der Waals surface area contributed by atoms with Gasteiger partial charge in [0.05, 0.1) is 30.0 Å². The van der Waals surface area contributed by atoms with Gasteiger partial charge in [-0.2, -0.15) is 0 Å². The lowest BCUT2D eigenvalue weighted by Gasteiger charge is -2.18. The van der Waals surface area contributed by atoms with Gasteiger partial charge in [0.25, 0.3) is 0 Å². The summed E-state index contributed by atoms with van der Waals surface area (Å²) >= 11 is 1.38. The van der Waals surface area contributed by atoms with Gasteiger partial charge in [0, 0.05) is 0 Å². The number of thioether (sulfide) groups is 1. The number of rotatable bonds is 4. The maximum atomic E-state index is 12.0. The van der Waals surface area contributed by atoms with E-state index in [0.717, 1.165) is 16.7 Å². The number of benzene rings is 1. The quantitative estimate of drug-likeness (QED) is 0.634. The van der Waals surface area contributed by atoms with Gasteiger partial charge in [-0.1, -0.05) is 35.5 Å². The van der Waals surface area contributed by atoms with E-state index >= 15 is 0 Å². The van der Waals surface area contributed by atoms with Crippen LogP contribution in [-0.4, -0.2) is 29.1 Å². The van der Waals surface area contributed by atoms with Crippen molar-refractivity contribution in [2.45, 2.75) is 27.3 Å². The highest BCUT2D eigenvalue weighted by molar-refractivity contribution is 8.04. The highest BCUT2D eigenvalue weighted by Crippen LogP contribution is 2.31. The first-order chi connectivity index (χ1) is 10.0. The fraction of sp³-hybridized carbons (Fsp3) is 0.375. The minimum absolute atomic E-state index is 0.0245. The highest BCUT2D eigenvalue weighted by atomic mass is 32.2. The zero-order valence-electron chi connectivity index (χ0n) is 12.5. The van der Waals surface area contributed by atoms with Crippen LogP contribution in [0, 0.1) is 13.8 Å². The molecule has 21 heavy (non-hydrogen) atoms. The Kier molecular flexibility index (Phi) is 5.07. The van der Waals surface area contributed by atoms with Crippen molar-refractivity contribution in [3.05, 3.63) is 46.0 Å². The van der Waals surface area contributed by atoms with Crippen molar-refractivity contribution < 1.29 is 14.3 Å². The van der Waals surface area contributed by atoms with Gasteiger partial charge in [0.2, 0.25) is 5.91 Å². The molecule has 1 saturated heterocycles. The van der Waals surface area contributed by atoms with Crippen LogP contribution in [0.25, 0.3) is 0 Å². The molecule has 1 amide bonds. The van der Waals surface area contributed by atoms with Gasteiger partial charge in [0.1, 0.15) is 0 Å². The SMILES string of the molecule is CCOC(=O)/C=C1\SCC(=O)N1Cc1cc(C)ccc1C. The van der Waals surface area contributed by atoms with Gasteiger partial charge in [-0.05, 0) is 31.9 Å². The summed E-state index contributed by atoms with van der Waals surface area (Å²) < 4.78 is 4.91. The molecule has 1 aliphatic rings. The molecule has 1 fully saturated rings. The molecule has 2 rings (SSSR count). The van der Waals surface area contributed by atoms with Crippen LogP contribution >= 0.6 is 11.8 Å². The number of esters is 1. The lowest BCUT2D eigenvalue weighted by atomic mass is 10.1. The molecule has 112 valence electrons. The highest BCUT2D eigenvalue weighted by Gasteiger charge is 2.27. The Labute approximate surface area is 129 Å². The molecule has 0 radical (unpaired) electrons. The minimum atomic E-state index is -0.402. The normalized spacial score (nSPS) is 16.6. The summed E-state index contributed by atoms with van der Waals surface area (Å²) in [6.07, 6.45) is 1.41. The van der Waals surface area contributed by atoms with Crippen LogP contribution in [0.1, 0.15) is 23.6 Å². The fourth-order valence-corrected chi connectivity index (χ4v) is 3.05. The van der Waals surface area contributed by atoms with Crippen LogP contribution in [0.2, 0.25) is 0 Å². The van der Waals surface area contributed by atoms with Crippen molar-refractivity contribution in [1.82, 2.24) is 4.90 Å². The second-order valence-corrected chi connectivity index (χ2v) is 5.93. The van der Waals surface area contributed by atoms with E-state index in [-0.39, 0.29) is 5.91 Å². The Morgan fingerprint density at radius 2 is 2.19 bits per heavy atom. The third kappa shape index (κ3) is 3.88. The smallest absolute Gasteiger partial charge is 0.333 e. The van der Waals surface area contributed by atoms with Gasteiger partial charge in [-0.3, -0.25) is 4.79 Å². The molecule has 1 aromatic rings. The van der Waals surface area contributed by atoms with E-state index in [1.54, 1.807) is 11.8 Å². The Bertz CT molecular complexity index is 595. The predicted octanol–water partition coefficient (Wildman–Crippen LogP) is 2.78. The van der Waals surface area contributed by atoms with Crippen LogP contribution in [0.15, 0.2) is 29.3 Å². The topological polar surface area (TPSA) is 46.6 Å². The lowest BCUT2D eigenvalue weighted by Crippen LogP contribution is -2.25. The van der Waals surface area contributed by atoms with Gasteiger partial charge in [-0.15, -0.1) is 0 Å². The van der Waals surface area contributed by atoms with Gasteiger partial charge in [0.15, 0.2) is 0 Å². The standard InChI is InChI=1S/C16H19NO3S/c1-4-20-16(19)8-15-17(14(18)10-21-15)9-13-7-11(2)5-6-12(13)3/h5-8H,4,9-10H2,1-3H3/b15-8-. The molecule has 0 atom stereocenters. The molecule has 1 aliphatic heterocycles. The molecule has 0 saturated carbocycles. The number of carbonyl (C=O) groups is 2. The average molecular weight is 305 g/mol. The molecule has 0 spiro atoms. The predicted molar refractivity (Wildman–Crippen MR) is 83.6 cm³/mol. The maximum absolute atomic E-state index is 12.0. The van der Waals surface area contributed by atoms with Gasteiger partial charge >= 0.3 is 5.97 Å². The largest absolute Gasteiger partial charge is 0.463 e. The van der Waals surface area contributed by atoms with Crippen LogP contribution in [-0.2, 0) is 20.9 Å².